The van der Waals surface area contributed by atoms with Gasteiger partial charge in [0.05, 0.1) is 6.54 Å². The lowest BCUT2D eigenvalue weighted by Crippen LogP contribution is -2.40. The van der Waals surface area contributed by atoms with Gasteiger partial charge >= 0.3 is 19.3 Å². The summed E-state index contributed by atoms with van der Waals surface area (Å²) in [4.78, 5) is 26.2. The van der Waals surface area contributed by atoms with Crippen LogP contribution in [0.3, 0.4) is 0 Å². The summed E-state index contributed by atoms with van der Waals surface area (Å²) in [6, 6.07) is 10.3. The van der Waals surface area contributed by atoms with E-state index in [0.717, 1.165) is 4.90 Å². The van der Waals surface area contributed by atoms with Crippen molar-refractivity contribution in [2.24, 2.45) is 0 Å². The lowest BCUT2D eigenvalue weighted by molar-refractivity contribution is -0.131. The third-order valence-electron chi connectivity index (χ3n) is 4.42. The highest BCUT2D eigenvalue weighted by atomic mass is 19.3. The molecular weight excluding hydrogens is 396 g/mol. The predicted molar refractivity (Wildman–Crippen MR) is 92.6 cm³/mol. The Kier molecular flexibility index (Phi) is 5.62. The number of nitrogens with zero attached hydrogens (tertiary/aromatic N) is 1. The summed E-state index contributed by atoms with van der Waals surface area (Å²) >= 11 is 0. The maximum absolute atomic E-state index is 12.9. The van der Waals surface area contributed by atoms with Crippen LogP contribution < -0.4 is 14.8 Å². The first-order valence-corrected chi connectivity index (χ1v) is 8.42. The molecule has 6 nitrogen and oxygen atoms in total. The number of halogens is 4. The molecule has 0 aromatic heterocycles. The molecule has 154 valence electrons. The van der Waals surface area contributed by atoms with Gasteiger partial charge in [-0.1, -0.05) is 24.3 Å². The second-order valence-corrected chi connectivity index (χ2v) is 6.37. The standard InChI is InChI=1S/C19H16F4N2O4/c1-19(12-4-8-14(9-5-12)29-17(22)23)15(26)25(18(27)24-19)10-11-2-6-13(7-3-11)28-16(20)21/h2-9,16-17H,10H2,1H3,(H,24,27). The minimum atomic E-state index is -2.97. The maximum atomic E-state index is 12.9. The highest BCUT2D eigenvalue weighted by Crippen LogP contribution is 2.31. The number of carbonyl (C=O) groups is 2. The van der Waals surface area contributed by atoms with Gasteiger partial charge in [0.1, 0.15) is 17.0 Å². The number of ether oxygens (including phenoxy) is 2. The summed E-state index contributed by atoms with van der Waals surface area (Å²) in [7, 11) is 0. The molecule has 1 fully saturated rings. The molecule has 10 heteroatoms. The van der Waals surface area contributed by atoms with Crippen LogP contribution in [0.1, 0.15) is 18.1 Å². The summed E-state index contributed by atoms with van der Waals surface area (Å²) in [5, 5.41) is 2.59. The predicted octanol–water partition coefficient (Wildman–Crippen LogP) is 3.86. The van der Waals surface area contributed by atoms with Crippen molar-refractivity contribution in [1.82, 2.24) is 10.2 Å². The third kappa shape index (κ3) is 4.41. The van der Waals surface area contributed by atoms with Crippen molar-refractivity contribution in [1.29, 1.82) is 0 Å². The van der Waals surface area contributed by atoms with Gasteiger partial charge in [0.15, 0.2) is 0 Å². The van der Waals surface area contributed by atoms with Crippen molar-refractivity contribution in [2.75, 3.05) is 0 Å². The molecule has 0 spiro atoms. The number of nitrogens with one attached hydrogen (secondary N) is 1. The van der Waals surface area contributed by atoms with Crippen LogP contribution in [0.25, 0.3) is 0 Å². The van der Waals surface area contributed by atoms with E-state index in [-0.39, 0.29) is 18.0 Å². The molecule has 2 aromatic rings. The van der Waals surface area contributed by atoms with Crippen LogP contribution >= 0.6 is 0 Å². The number of benzene rings is 2. The monoisotopic (exact) mass is 412 g/mol. The van der Waals surface area contributed by atoms with E-state index < -0.39 is 30.7 Å². The SMILES string of the molecule is CC1(c2ccc(OC(F)F)cc2)NC(=O)N(Cc2ccc(OC(F)F)cc2)C1=O. The summed E-state index contributed by atoms with van der Waals surface area (Å²) in [5.41, 5.74) is -0.472. The zero-order valence-corrected chi connectivity index (χ0v) is 15.1. The first-order chi connectivity index (χ1) is 13.7. The van der Waals surface area contributed by atoms with Crippen LogP contribution in [0, 0.1) is 0 Å². The zero-order chi connectivity index (χ0) is 21.2. The van der Waals surface area contributed by atoms with E-state index in [0.29, 0.717) is 11.1 Å². The van der Waals surface area contributed by atoms with E-state index in [1.807, 2.05) is 0 Å². The molecule has 3 rings (SSSR count). The molecule has 1 saturated heterocycles. The van der Waals surface area contributed by atoms with Gasteiger partial charge in [-0.3, -0.25) is 9.69 Å². The van der Waals surface area contributed by atoms with Crippen LogP contribution in [0.5, 0.6) is 11.5 Å². The molecule has 1 N–H and O–H groups in total. The minimum absolute atomic E-state index is 0.0445. The molecule has 0 aliphatic carbocycles. The molecule has 1 heterocycles. The Labute approximate surface area is 163 Å². The minimum Gasteiger partial charge on any atom is -0.435 e. The normalized spacial score (nSPS) is 19.1. The quantitative estimate of drug-likeness (QED) is 0.554. The number of rotatable bonds is 7. The molecule has 1 unspecified atom stereocenters. The fourth-order valence-corrected chi connectivity index (χ4v) is 2.96. The number of carbonyl (C=O) groups excluding carboxylic acids is 2. The summed E-state index contributed by atoms with van der Waals surface area (Å²) in [5.74, 6) is -0.665. The summed E-state index contributed by atoms with van der Waals surface area (Å²) in [6.07, 6.45) is 0. The molecule has 2 aromatic carbocycles. The van der Waals surface area contributed by atoms with Crippen LogP contribution in [-0.4, -0.2) is 30.1 Å². The van der Waals surface area contributed by atoms with Crippen LogP contribution in [0.2, 0.25) is 0 Å². The number of hydrogen-bond donors (Lipinski definition) is 1. The molecule has 0 radical (unpaired) electrons. The molecule has 0 saturated carbocycles. The van der Waals surface area contributed by atoms with Gasteiger partial charge in [-0.2, -0.15) is 17.6 Å². The fraction of sp³-hybridized carbons (Fsp3) is 0.263. The number of imide groups is 1. The highest BCUT2D eigenvalue weighted by Gasteiger charge is 2.48. The lowest BCUT2D eigenvalue weighted by atomic mass is 9.92. The van der Waals surface area contributed by atoms with Gasteiger partial charge in [-0.25, -0.2) is 4.79 Å². The second-order valence-electron chi connectivity index (χ2n) is 6.37. The second kappa shape index (κ2) is 7.98. The Morgan fingerprint density at radius 1 is 0.897 bits per heavy atom. The lowest BCUT2D eigenvalue weighted by Gasteiger charge is -2.22. The Balaban J connectivity index is 1.74. The van der Waals surface area contributed by atoms with Crippen molar-refractivity contribution in [3.8, 4) is 11.5 Å². The topological polar surface area (TPSA) is 67.9 Å². The van der Waals surface area contributed by atoms with Gasteiger partial charge in [0.2, 0.25) is 0 Å². The zero-order valence-electron chi connectivity index (χ0n) is 15.1. The third-order valence-corrected chi connectivity index (χ3v) is 4.42. The fourth-order valence-electron chi connectivity index (χ4n) is 2.96. The van der Waals surface area contributed by atoms with E-state index >= 15 is 0 Å². The van der Waals surface area contributed by atoms with E-state index in [1.165, 1.54) is 55.5 Å². The van der Waals surface area contributed by atoms with Crippen molar-refractivity contribution in [3.63, 3.8) is 0 Å². The molecule has 0 bridgehead atoms. The van der Waals surface area contributed by atoms with Crippen molar-refractivity contribution in [2.45, 2.75) is 32.2 Å². The largest absolute Gasteiger partial charge is 0.435 e. The molecule has 29 heavy (non-hydrogen) atoms. The number of alkyl halides is 4. The number of amides is 3. The van der Waals surface area contributed by atoms with Gasteiger partial charge in [0, 0.05) is 0 Å². The van der Waals surface area contributed by atoms with Crippen molar-refractivity contribution >= 4 is 11.9 Å². The average Bonchev–Trinajstić information content (AvgIpc) is 2.87. The van der Waals surface area contributed by atoms with E-state index in [1.54, 1.807) is 0 Å². The Morgan fingerprint density at radius 3 is 1.86 bits per heavy atom. The van der Waals surface area contributed by atoms with E-state index in [9.17, 15) is 27.2 Å². The van der Waals surface area contributed by atoms with E-state index in [2.05, 4.69) is 14.8 Å². The van der Waals surface area contributed by atoms with E-state index in [4.69, 9.17) is 0 Å². The summed E-state index contributed by atoms with van der Waals surface area (Å²) < 4.78 is 57.5. The first kappa shape index (κ1) is 20.4. The van der Waals surface area contributed by atoms with Gasteiger partial charge < -0.3 is 14.8 Å². The van der Waals surface area contributed by atoms with Gasteiger partial charge in [0.25, 0.3) is 5.91 Å². The molecular formula is C19H16F4N2O4. The molecule has 3 amide bonds. The average molecular weight is 412 g/mol. The smallest absolute Gasteiger partial charge is 0.387 e. The highest BCUT2D eigenvalue weighted by molar-refractivity contribution is 6.07. The van der Waals surface area contributed by atoms with Crippen molar-refractivity contribution in [3.05, 3.63) is 59.7 Å². The molecule has 1 aliphatic rings. The van der Waals surface area contributed by atoms with Gasteiger partial charge in [-0.05, 0) is 42.3 Å². The molecule has 1 aliphatic heterocycles. The van der Waals surface area contributed by atoms with Crippen LogP contribution in [-0.2, 0) is 16.9 Å². The van der Waals surface area contributed by atoms with Gasteiger partial charge in [-0.15, -0.1) is 0 Å². The first-order valence-electron chi connectivity index (χ1n) is 8.42. The maximum Gasteiger partial charge on any atom is 0.387 e. The van der Waals surface area contributed by atoms with Crippen LogP contribution in [0.15, 0.2) is 48.5 Å². The van der Waals surface area contributed by atoms with Crippen LogP contribution in [0.4, 0.5) is 22.4 Å². The van der Waals surface area contributed by atoms with Crippen molar-refractivity contribution < 1.29 is 36.6 Å². The Morgan fingerprint density at radius 2 is 1.38 bits per heavy atom. The summed E-state index contributed by atoms with van der Waals surface area (Å²) in [6.45, 7) is -4.51. The Hall–Kier alpha value is -3.30. The Bertz CT molecular complexity index is 890. The number of hydrogen-bond acceptors (Lipinski definition) is 4. The number of urea groups is 1. The molecule has 1 atom stereocenters.